The van der Waals surface area contributed by atoms with E-state index in [1.807, 2.05) is 24.3 Å². The zero-order chi connectivity index (χ0) is 14.9. The van der Waals surface area contributed by atoms with Crippen LogP contribution in [0.2, 0.25) is 0 Å². The molecule has 114 valence electrons. The number of aliphatic carboxylic acids is 1. The molecule has 0 heterocycles. The smallest absolute Gasteiger partial charge is 0.310 e. The molecule has 1 aromatic carbocycles. The van der Waals surface area contributed by atoms with Crippen molar-refractivity contribution >= 4 is 5.97 Å². The lowest BCUT2D eigenvalue weighted by Gasteiger charge is -2.33. The maximum absolute atomic E-state index is 11.8. The van der Waals surface area contributed by atoms with Crippen LogP contribution in [-0.2, 0) is 4.79 Å². The number of fused-ring (bicyclic) bond motifs is 2. The molecule has 2 bridgehead atoms. The predicted octanol–water partition coefficient (Wildman–Crippen LogP) is 3.36. The Morgan fingerprint density at radius 2 is 2.10 bits per heavy atom. The van der Waals surface area contributed by atoms with Crippen LogP contribution >= 0.6 is 0 Å². The molecule has 0 radical (unpaired) electrons. The van der Waals surface area contributed by atoms with Crippen molar-refractivity contribution < 1.29 is 19.4 Å². The van der Waals surface area contributed by atoms with Gasteiger partial charge in [-0.1, -0.05) is 18.6 Å². The van der Waals surface area contributed by atoms with Crippen molar-refractivity contribution in [2.45, 2.75) is 32.1 Å². The van der Waals surface area contributed by atoms with E-state index in [0.29, 0.717) is 36.4 Å². The van der Waals surface area contributed by atoms with Gasteiger partial charge >= 0.3 is 5.97 Å². The number of carboxylic acid groups (broad SMARTS) is 1. The van der Waals surface area contributed by atoms with Crippen molar-refractivity contribution in [2.24, 2.45) is 17.3 Å². The quantitative estimate of drug-likeness (QED) is 0.873. The molecule has 21 heavy (non-hydrogen) atoms. The highest BCUT2D eigenvalue weighted by Crippen LogP contribution is 2.57. The first-order valence-electron chi connectivity index (χ1n) is 7.65. The zero-order valence-electron chi connectivity index (χ0n) is 12.4. The summed E-state index contributed by atoms with van der Waals surface area (Å²) in [6.45, 7) is 0.426. The molecule has 4 nitrogen and oxygen atoms in total. The van der Waals surface area contributed by atoms with E-state index in [4.69, 9.17) is 9.47 Å². The second-order valence-electron chi connectivity index (χ2n) is 6.29. The van der Waals surface area contributed by atoms with Gasteiger partial charge in [0, 0.05) is 0 Å². The van der Waals surface area contributed by atoms with Gasteiger partial charge < -0.3 is 14.6 Å². The van der Waals surface area contributed by atoms with Gasteiger partial charge in [0.2, 0.25) is 0 Å². The molecule has 2 aliphatic carbocycles. The number of hydrogen-bond acceptors (Lipinski definition) is 3. The van der Waals surface area contributed by atoms with Gasteiger partial charge in [-0.05, 0) is 49.7 Å². The predicted molar refractivity (Wildman–Crippen MR) is 78.6 cm³/mol. The fourth-order valence-corrected chi connectivity index (χ4v) is 4.20. The van der Waals surface area contributed by atoms with Crippen molar-refractivity contribution in [2.75, 3.05) is 13.7 Å². The van der Waals surface area contributed by atoms with Gasteiger partial charge in [-0.3, -0.25) is 4.79 Å². The fourth-order valence-electron chi connectivity index (χ4n) is 4.20. The number of para-hydroxylation sites is 2. The fraction of sp³-hybridized carbons (Fsp3) is 0.588. The third kappa shape index (κ3) is 2.47. The number of ether oxygens (including phenoxy) is 2. The molecule has 0 aliphatic heterocycles. The molecular formula is C17H22O4. The van der Waals surface area contributed by atoms with Crippen LogP contribution in [0.25, 0.3) is 0 Å². The highest BCUT2D eigenvalue weighted by molar-refractivity contribution is 5.75. The van der Waals surface area contributed by atoms with Crippen LogP contribution in [0.5, 0.6) is 11.5 Å². The van der Waals surface area contributed by atoms with E-state index in [-0.39, 0.29) is 0 Å². The molecular weight excluding hydrogens is 268 g/mol. The molecule has 3 atom stereocenters. The molecule has 2 fully saturated rings. The summed E-state index contributed by atoms with van der Waals surface area (Å²) in [6, 6.07) is 7.48. The summed E-state index contributed by atoms with van der Waals surface area (Å²) < 4.78 is 11.0. The number of rotatable bonds is 6. The van der Waals surface area contributed by atoms with Crippen molar-refractivity contribution in [3.05, 3.63) is 24.3 Å². The Bertz CT molecular complexity index is 527. The Hall–Kier alpha value is -1.71. The number of carboxylic acids is 1. The van der Waals surface area contributed by atoms with Crippen LogP contribution in [0.15, 0.2) is 24.3 Å². The molecule has 2 saturated carbocycles. The third-order valence-electron chi connectivity index (χ3n) is 5.28. The van der Waals surface area contributed by atoms with Gasteiger partial charge in [-0.15, -0.1) is 0 Å². The molecule has 3 unspecified atom stereocenters. The van der Waals surface area contributed by atoms with E-state index in [1.165, 1.54) is 6.42 Å². The Kier molecular flexibility index (Phi) is 3.79. The summed E-state index contributed by atoms with van der Waals surface area (Å²) in [6.07, 6.45) is 4.75. The number of methoxy groups -OCH3 is 1. The highest BCUT2D eigenvalue weighted by atomic mass is 16.5. The lowest BCUT2D eigenvalue weighted by Crippen LogP contribution is -2.37. The molecule has 3 rings (SSSR count). The second kappa shape index (κ2) is 5.58. The summed E-state index contributed by atoms with van der Waals surface area (Å²) in [5.41, 5.74) is -0.565. The first-order valence-corrected chi connectivity index (χ1v) is 7.65. The lowest BCUT2D eigenvalue weighted by molar-refractivity contribution is -0.153. The lowest BCUT2D eigenvalue weighted by atomic mass is 9.71. The van der Waals surface area contributed by atoms with Crippen LogP contribution in [0.4, 0.5) is 0 Å². The van der Waals surface area contributed by atoms with Crippen LogP contribution in [0.1, 0.15) is 32.1 Å². The van der Waals surface area contributed by atoms with E-state index in [9.17, 15) is 9.90 Å². The highest BCUT2D eigenvalue weighted by Gasteiger charge is 2.55. The summed E-state index contributed by atoms with van der Waals surface area (Å²) in [4.78, 5) is 11.8. The average molecular weight is 290 g/mol. The van der Waals surface area contributed by atoms with E-state index in [0.717, 1.165) is 19.3 Å². The minimum Gasteiger partial charge on any atom is -0.493 e. The largest absolute Gasteiger partial charge is 0.493 e. The number of carbonyl (C=O) groups is 1. The van der Waals surface area contributed by atoms with Gasteiger partial charge in [0.15, 0.2) is 11.5 Å². The standard InChI is InChI=1S/C17H22O4/c1-20-14-4-2-3-5-15(14)21-9-8-17(16(18)19)11-12-6-7-13(17)10-12/h2-5,12-13H,6-11H2,1H3,(H,18,19). The average Bonchev–Trinajstić information content (AvgIpc) is 3.09. The SMILES string of the molecule is COc1ccccc1OCCC1(C(=O)O)CC2CCC1C2. The minimum atomic E-state index is -0.640. The summed E-state index contributed by atoms with van der Waals surface area (Å²) in [7, 11) is 1.61. The van der Waals surface area contributed by atoms with E-state index >= 15 is 0 Å². The third-order valence-corrected chi connectivity index (χ3v) is 5.28. The minimum absolute atomic E-state index is 0.335. The summed E-state index contributed by atoms with van der Waals surface area (Å²) in [5, 5.41) is 9.70. The van der Waals surface area contributed by atoms with E-state index < -0.39 is 11.4 Å². The van der Waals surface area contributed by atoms with E-state index in [2.05, 4.69) is 0 Å². The normalized spacial score (nSPS) is 30.3. The van der Waals surface area contributed by atoms with Crippen molar-refractivity contribution in [1.29, 1.82) is 0 Å². The van der Waals surface area contributed by atoms with Crippen LogP contribution in [-0.4, -0.2) is 24.8 Å². The van der Waals surface area contributed by atoms with Crippen LogP contribution < -0.4 is 9.47 Å². The number of hydrogen-bond donors (Lipinski definition) is 1. The zero-order valence-corrected chi connectivity index (χ0v) is 12.4. The van der Waals surface area contributed by atoms with Crippen LogP contribution in [0, 0.1) is 17.3 Å². The summed E-state index contributed by atoms with van der Waals surface area (Å²) >= 11 is 0. The maximum Gasteiger partial charge on any atom is 0.310 e. The van der Waals surface area contributed by atoms with Gasteiger partial charge in [0.05, 0.1) is 19.1 Å². The molecule has 1 aromatic rings. The number of benzene rings is 1. The van der Waals surface area contributed by atoms with Gasteiger partial charge in [0.1, 0.15) is 0 Å². The Balaban J connectivity index is 1.65. The van der Waals surface area contributed by atoms with E-state index in [1.54, 1.807) is 7.11 Å². The van der Waals surface area contributed by atoms with Crippen molar-refractivity contribution in [3.8, 4) is 11.5 Å². The van der Waals surface area contributed by atoms with Gasteiger partial charge in [0.25, 0.3) is 0 Å². The Morgan fingerprint density at radius 3 is 2.67 bits per heavy atom. The van der Waals surface area contributed by atoms with Crippen molar-refractivity contribution in [3.63, 3.8) is 0 Å². The topological polar surface area (TPSA) is 55.8 Å². The first-order chi connectivity index (χ1) is 10.2. The molecule has 0 aromatic heterocycles. The maximum atomic E-state index is 11.8. The monoisotopic (exact) mass is 290 g/mol. The van der Waals surface area contributed by atoms with Crippen LogP contribution in [0.3, 0.4) is 0 Å². The molecule has 0 amide bonds. The molecule has 1 N–H and O–H groups in total. The first kappa shape index (κ1) is 14.2. The van der Waals surface area contributed by atoms with Gasteiger partial charge in [-0.25, -0.2) is 0 Å². The van der Waals surface area contributed by atoms with Crippen molar-refractivity contribution in [1.82, 2.24) is 0 Å². The summed E-state index contributed by atoms with van der Waals surface area (Å²) in [5.74, 6) is 1.68. The van der Waals surface area contributed by atoms with Gasteiger partial charge in [-0.2, -0.15) is 0 Å². The second-order valence-corrected chi connectivity index (χ2v) is 6.29. The molecule has 2 aliphatic rings. The Morgan fingerprint density at radius 1 is 1.33 bits per heavy atom. The molecule has 0 spiro atoms. The molecule has 0 saturated heterocycles. The Labute approximate surface area is 125 Å². The molecule has 4 heteroatoms.